The lowest BCUT2D eigenvalue weighted by Crippen LogP contribution is -2.52. The van der Waals surface area contributed by atoms with E-state index in [2.05, 4.69) is 15.0 Å². The highest BCUT2D eigenvalue weighted by Crippen LogP contribution is 2.32. The van der Waals surface area contributed by atoms with E-state index in [9.17, 15) is 9.59 Å². The predicted octanol–water partition coefficient (Wildman–Crippen LogP) is 1.74. The van der Waals surface area contributed by atoms with Gasteiger partial charge < -0.3 is 19.5 Å². The van der Waals surface area contributed by atoms with Crippen LogP contribution in [0.1, 0.15) is 53.8 Å². The largest absolute Gasteiger partial charge is 0.373 e. The number of carbonyl (C=O) groups excluding carboxylic acids is 1. The number of nitrogens with zero attached hydrogens (tertiary/aromatic N) is 4. The molecule has 4 heterocycles. The standard InChI is InChI=1S/C22H31N5O3/c1-3-18-17(7-8-20(28)24-18)22(29)27-11-12-30-19(15-26-9-5-4-6-10-26)21(27)16-13-23-25(2)14-16/h7-8,13-14,19,21H,3-6,9-12,15H2,1-2H3,(H,24,28)/t19-,21-/m0/s1. The molecule has 2 atom stereocenters. The molecule has 1 amide bonds. The molecule has 2 fully saturated rings. The molecule has 0 spiro atoms. The lowest BCUT2D eigenvalue weighted by Gasteiger charge is -2.43. The fourth-order valence-corrected chi connectivity index (χ4v) is 4.65. The first-order chi connectivity index (χ1) is 14.6. The smallest absolute Gasteiger partial charge is 0.256 e. The van der Waals surface area contributed by atoms with E-state index in [4.69, 9.17) is 4.74 Å². The lowest BCUT2D eigenvalue weighted by atomic mass is 9.98. The molecule has 2 aromatic heterocycles. The minimum absolute atomic E-state index is 0.0658. The minimum atomic E-state index is -0.210. The van der Waals surface area contributed by atoms with Crippen LogP contribution in [0.2, 0.25) is 0 Å². The van der Waals surface area contributed by atoms with Crippen molar-refractivity contribution in [2.24, 2.45) is 7.05 Å². The number of piperidine rings is 1. The molecule has 0 aliphatic carbocycles. The van der Waals surface area contributed by atoms with Crippen molar-refractivity contribution in [3.63, 3.8) is 0 Å². The number of likely N-dealkylation sites (tertiary alicyclic amines) is 1. The zero-order valence-electron chi connectivity index (χ0n) is 17.8. The minimum Gasteiger partial charge on any atom is -0.373 e. The van der Waals surface area contributed by atoms with E-state index in [1.54, 1.807) is 10.7 Å². The van der Waals surface area contributed by atoms with Crippen LogP contribution in [0, 0.1) is 0 Å². The van der Waals surface area contributed by atoms with Gasteiger partial charge in [-0.2, -0.15) is 5.10 Å². The van der Waals surface area contributed by atoms with Gasteiger partial charge in [-0.3, -0.25) is 14.3 Å². The Hall–Kier alpha value is -2.45. The average Bonchev–Trinajstić information content (AvgIpc) is 3.19. The Labute approximate surface area is 176 Å². The summed E-state index contributed by atoms with van der Waals surface area (Å²) in [5, 5.41) is 4.35. The third-order valence-electron chi connectivity index (χ3n) is 6.15. The third kappa shape index (κ3) is 4.34. The quantitative estimate of drug-likeness (QED) is 0.807. The van der Waals surface area contributed by atoms with Gasteiger partial charge in [0.05, 0.1) is 30.5 Å². The maximum Gasteiger partial charge on any atom is 0.256 e. The number of pyridine rings is 1. The predicted molar refractivity (Wildman–Crippen MR) is 113 cm³/mol. The number of H-pyrrole nitrogens is 1. The van der Waals surface area contributed by atoms with Gasteiger partial charge in [0.1, 0.15) is 0 Å². The Bertz CT molecular complexity index is 931. The number of hydrogen-bond acceptors (Lipinski definition) is 5. The van der Waals surface area contributed by atoms with Gasteiger partial charge >= 0.3 is 0 Å². The van der Waals surface area contributed by atoms with E-state index in [0.717, 1.165) is 25.2 Å². The highest BCUT2D eigenvalue weighted by Gasteiger charge is 2.39. The summed E-state index contributed by atoms with van der Waals surface area (Å²) >= 11 is 0. The van der Waals surface area contributed by atoms with Crippen LogP contribution in [0.5, 0.6) is 0 Å². The molecule has 30 heavy (non-hydrogen) atoms. The summed E-state index contributed by atoms with van der Waals surface area (Å²) in [5.74, 6) is -0.0658. The molecule has 2 aliphatic rings. The normalized spacial score (nSPS) is 22.9. The summed E-state index contributed by atoms with van der Waals surface area (Å²) in [7, 11) is 1.89. The van der Waals surface area contributed by atoms with E-state index in [0.29, 0.717) is 30.8 Å². The van der Waals surface area contributed by atoms with E-state index in [-0.39, 0.29) is 23.6 Å². The first-order valence-corrected chi connectivity index (χ1v) is 10.9. The van der Waals surface area contributed by atoms with Gasteiger partial charge in [-0.15, -0.1) is 0 Å². The fourth-order valence-electron chi connectivity index (χ4n) is 4.65. The molecule has 8 heteroatoms. The molecule has 0 bridgehead atoms. The second-order valence-electron chi connectivity index (χ2n) is 8.23. The molecule has 2 saturated heterocycles. The summed E-state index contributed by atoms with van der Waals surface area (Å²) in [5.41, 5.74) is 2.04. The molecule has 0 saturated carbocycles. The molecule has 0 radical (unpaired) electrons. The molecular formula is C22H31N5O3. The number of nitrogens with one attached hydrogen (secondary N) is 1. The Morgan fingerprint density at radius 1 is 1.23 bits per heavy atom. The Balaban J connectivity index is 1.66. The van der Waals surface area contributed by atoms with Crippen LogP contribution in [0.15, 0.2) is 29.3 Å². The number of aryl methyl sites for hydroxylation is 2. The van der Waals surface area contributed by atoms with Crippen LogP contribution in [-0.2, 0) is 18.2 Å². The second-order valence-corrected chi connectivity index (χ2v) is 8.23. The first-order valence-electron chi connectivity index (χ1n) is 10.9. The van der Waals surface area contributed by atoms with Crippen LogP contribution < -0.4 is 5.56 Å². The molecule has 4 rings (SSSR count). The van der Waals surface area contributed by atoms with Gasteiger partial charge in [0.25, 0.3) is 5.91 Å². The highest BCUT2D eigenvalue weighted by molar-refractivity contribution is 5.95. The van der Waals surface area contributed by atoms with Crippen molar-refractivity contribution in [1.29, 1.82) is 0 Å². The van der Waals surface area contributed by atoms with Gasteiger partial charge in [-0.1, -0.05) is 13.3 Å². The van der Waals surface area contributed by atoms with Crippen LogP contribution in [0.4, 0.5) is 0 Å². The number of aromatic nitrogens is 3. The van der Waals surface area contributed by atoms with Crippen molar-refractivity contribution in [1.82, 2.24) is 24.6 Å². The molecule has 0 aromatic carbocycles. The SMILES string of the molecule is CCc1[nH]c(=O)ccc1C(=O)N1CCO[C@@H](CN2CCCCC2)[C@@H]1c1cnn(C)c1. The van der Waals surface area contributed by atoms with E-state index >= 15 is 0 Å². The molecule has 2 aliphatic heterocycles. The van der Waals surface area contributed by atoms with E-state index in [1.807, 2.05) is 31.3 Å². The van der Waals surface area contributed by atoms with Gasteiger partial charge in [0.2, 0.25) is 5.56 Å². The maximum atomic E-state index is 13.6. The van der Waals surface area contributed by atoms with Crippen molar-refractivity contribution in [3.05, 3.63) is 51.7 Å². The second kappa shape index (κ2) is 9.14. The Kier molecular flexibility index (Phi) is 6.34. The van der Waals surface area contributed by atoms with Crippen LogP contribution in [0.3, 0.4) is 0 Å². The molecule has 2 aromatic rings. The number of hydrogen-bond donors (Lipinski definition) is 1. The molecule has 8 nitrogen and oxygen atoms in total. The number of ether oxygens (including phenoxy) is 1. The van der Waals surface area contributed by atoms with Crippen LogP contribution >= 0.6 is 0 Å². The molecule has 162 valence electrons. The van der Waals surface area contributed by atoms with Gasteiger partial charge in [-0.25, -0.2) is 0 Å². The van der Waals surface area contributed by atoms with Crippen LogP contribution in [-0.4, -0.2) is 69.4 Å². The zero-order chi connectivity index (χ0) is 21.1. The summed E-state index contributed by atoms with van der Waals surface area (Å²) in [6.07, 6.45) is 7.99. The highest BCUT2D eigenvalue weighted by atomic mass is 16.5. The molecule has 0 unspecified atom stereocenters. The van der Waals surface area contributed by atoms with Gasteiger partial charge in [-0.05, 0) is 38.4 Å². The topological polar surface area (TPSA) is 83.5 Å². The van der Waals surface area contributed by atoms with Gasteiger partial charge in [0.15, 0.2) is 0 Å². The summed E-state index contributed by atoms with van der Waals surface area (Å²) in [6.45, 7) is 5.92. The van der Waals surface area contributed by atoms with Crippen molar-refractivity contribution >= 4 is 5.91 Å². The van der Waals surface area contributed by atoms with Crippen molar-refractivity contribution in [2.45, 2.75) is 44.8 Å². The van der Waals surface area contributed by atoms with Crippen molar-refractivity contribution < 1.29 is 9.53 Å². The Morgan fingerprint density at radius 3 is 2.73 bits per heavy atom. The number of amides is 1. The number of carbonyl (C=O) groups is 1. The Morgan fingerprint density at radius 2 is 2.03 bits per heavy atom. The molecular weight excluding hydrogens is 382 g/mol. The fraction of sp³-hybridized carbons (Fsp3) is 0.591. The van der Waals surface area contributed by atoms with Crippen LogP contribution in [0.25, 0.3) is 0 Å². The maximum absolute atomic E-state index is 13.6. The third-order valence-corrected chi connectivity index (χ3v) is 6.15. The van der Waals surface area contributed by atoms with Gasteiger partial charge in [0, 0.05) is 43.7 Å². The average molecular weight is 414 g/mol. The first kappa shape index (κ1) is 20.8. The number of aromatic amines is 1. The molecule has 1 N–H and O–H groups in total. The number of morpholine rings is 1. The number of rotatable bonds is 5. The summed E-state index contributed by atoms with van der Waals surface area (Å²) < 4.78 is 7.98. The van der Waals surface area contributed by atoms with Crippen molar-refractivity contribution in [3.8, 4) is 0 Å². The van der Waals surface area contributed by atoms with E-state index in [1.165, 1.54) is 25.3 Å². The van der Waals surface area contributed by atoms with E-state index < -0.39 is 0 Å². The summed E-state index contributed by atoms with van der Waals surface area (Å²) in [6, 6.07) is 2.87. The van der Waals surface area contributed by atoms with Crippen molar-refractivity contribution in [2.75, 3.05) is 32.8 Å². The lowest BCUT2D eigenvalue weighted by molar-refractivity contribution is -0.0742. The monoisotopic (exact) mass is 413 g/mol. The zero-order valence-corrected chi connectivity index (χ0v) is 17.8. The summed E-state index contributed by atoms with van der Waals surface area (Å²) in [4.78, 5) is 32.5.